The Morgan fingerprint density at radius 3 is 2.52 bits per heavy atom. The van der Waals surface area contributed by atoms with E-state index in [0.717, 1.165) is 10.0 Å². The second kappa shape index (κ2) is 5.65. The van der Waals surface area contributed by atoms with Gasteiger partial charge in [-0.3, -0.25) is 4.79 Å². The molecule has 21 heavy (non-hydrogen) atoms. The van der Waals surface area contributed by atoms with Gasteiger partial charge >= 0.3 is 11.7 Å². The quantitative estimate of drug-likeness (QED) is 0.659. The number of hydrogen-bond donors (Lipinski definition) is 4. The maximum Gasteiger partial charge on any atom is 0.323 e. The van der Waals surface area contributed by atoms with Gasteiger partial charge in [-0.15, -0.1) is 0 Å². The molecule has 1 atom stereocenters. The number of hydrogen-bond acceptors (Lipinski definition) is 3. The lowest BCUT2D eigenvalue weighted by Gasteiger charge is -2.27. The van der Waals surface area contributed by atoms with Gasteiger partial charge in [-0.2, -0.15) is 0 Å². The number of aromatic amines is 2. The van der Waals surface area contributed by atoms with E-state index in [1.165, 1.54) is 0 Å². The molecule has 0 aliphatic rings. The molecule has 0 amide bonds. The number of aromatic nitrogens is 2. The van der Waals surface area contributed by atoms with Crippen molar-refractivity contribution in [1.82, 2.24) is 9.97 Å². The molecule has 0 saturated carbocycles. The highest BCUT2D eigenvalue weighted by molar-refractivity contribution is 9.10. The number of H-pyrrole nitrogens is 2. The first-order valence-electron chi connectivity index (χ1n) is 6.57. The molecule has 6 nitrogen and oxygen atoms in total. The molecule has 2 rings (SSSR count). The summed E-state index contributed by atoms with van der Waals surface area (Å²) in [6.07, 6.45) is 0.583. The van der Waals surface area contributed by atoms with Gasteiger partial charge in [-0.25, -0.2) is 4.79 Å². The first-order chi connectivity index (χ1) is 9.68. The number of nitrogens with one attached hydrogen (secondary N) is 2. The average molecular weight is 356 g/mol. The topological polar surface area (TPSA) is 112 Å². The van der Waals surface area contributed by atoms with E-state index in [2.05, 4.69) is 25.9 Å². The fourth-order valence-corrected chi connectivity index (χ4v) is 3.18. The van der Waals surface area contributed by atoms with Crippen LogP contribution in [0, 0.1) is 5.41 Å². The van der Waals surface area contributed by atoms with Crippen molar-refractivity contribution in [2.24, 2.45) is 11.1 Å². The van der Waals surface area contributed by atoms with Crippen molar-refractivity contribution in [3.05, 3.63) is 32.7 Å². The molecule has 1 aromatic heterocycles. The van der Waals surface area contributed by atoms with E-state index in [-0.39, 0.29) is 18.2 Å². The van der Waals surface area contributed by atoms with Crippen LogP contribution in [0.2, 0.25) is 0 Å². The summed E-state index contributed by atoms with van der Waals surface area (Å²) in [5.74, 6) is -0.836. The van der Waals surface area contributed by atoms with E-state index in [9.17, 15) is 9.59 Å². The molecule has 1 heterocycles. The summed E-state index contributed by atoms with van der Waals surface area (Å²) in [7, 11) is 0. The van der Waals surface area contributed by atoms with E-state index in [1.807, 2.05) is 19.9 Å². The van der Waals surface area contributed by atoms with Gasteiger partial charge in [0.1, 0.15) is 0 Å². The molecule has 1 aromatic carbocycles. The van der Waals surface area contributed by atoms with E-state index in [1.54, 1.807) is 6.07 Å². The third kappa shape index (κ3) is 3.74. The predicted octanol–water partition coefficient (Wildman–Crippen LogP) is 2.51. The minimum Gasteiger partial charge on any atom is -0.481 e. The van der Waals surface area contributed by atoms with Crippen LogP contribution in [0.15, 0.2) is 21.4 Å². The van der Waals surface area contributed by atoms with Crippen molar-refractivity contribution in [3.63, 3.8) is 0 Å². The summed E-state index contributed by atoms with van der Waals surface area (Å²) in [5, 5.41) is 8.94. The number of nitrogens with two attached hydrogens (primary N) is 1. The van der Waals surface area contributed by atoms with Crippen LogP contribution in [0.5, 0.6) is 0 Å². The van der Waals surface area contributed by atoms with Crippen LogP contribution in [0.3, 0.4) is 0 Å². The summed E-state index contributed by atoms with van der Waals surface area (Å²) in [6.45, 7) is 3.76. The molecule has 0 saturated heterocycles. The van der Waals surface area contributed by atoms with Gasteiger partial charge in [-0.05, 0) is 29.5 Å². The van der Waals surface area contributed by atoms with Gasteiger partial charge in [0.15, 0.2) is 0 Å². The number of fused-ring (bicyclic) bond motifs is 1. The van der Waals surface area contributed by atoms with Crippen LogP contribution >= 0.6 is 15.9 Å². The first-order valence-corrected chi connectivity index (χ1v) is 7.36. The van der Waals surface area contributed by atoms with Crippen LogP contribution in [0.1, 0.15) is 38.3 Å². The summed E-state index contributed by atoms with van der Waals surface area (Å²) in [4.78, 5) is 27.6. The Kier molecular flexibility index (Phi) is 4.25. The Hall–Kier alpha value is -1.60. The minimum absolute atomic E-state index is 0.0571. The monoisotopic (exact) mass is 355 g/mol. The number of imidazole rings is 1. The Bertz CT molecular complexity index is 733. The van der Waals surface area contributed by atoms with Crippen molar-refractivity contribution in [3.8, 4) is 0 Å². The Labute approximate surface area is 129 Å². The average Bonchev–Trinajstić information content (AvgIpc) is 2.64. The number of aliphatic carboxylic acids is 1. The lowest BCUT2D eigenvalue weighted by atomic mass is 9.81. The van der Waals surface area contributed by atoms with E-state index in [4.69, 9.17) is 10.8 Å². The molecule has 114 valence electrons. The van der Waals surface area contributed by atoms with Crippen LogP contribution in [-0.4, -0.2) is 21.0 Å². The zero-order chi connectivity index (χ0) is 15.8. The summed E-state index contributed by atoms with van der Waals surface area (Å²) in [6, 6.07) is 3.29. The van der Waals surface area contributed by atoms with Gasteiger partial charge < -0.3 is 20.8 Å². The predicted molar refractivity (Wildman–Crippen MR) is 84.2 cm³/mol. The molecule has 1 unspecified atom stereocenters. The van der Waals surface area contributed by atoms with E-state index >= 15 is 0 Å². The molecule has 0 aliphatic carbocycles. The third-order valence-corrected chi connectivity index (χ3v) is 4.12. The zero-order valence-electron chi connectivity index (χ0n) is 11.9. The summed E-state index contributed by atoms with van der Waals surface area (Å²) >= 11 is 3.45. The SMILES string of the molecule is CC(C)(CC(=O)O)CC(N)c1cc2[nH]c(=O)[nH]c2cc1Br. The second-order valence-electron chi connectivity index (χ2n) is 6.04. The van der Waals surface area contributed by atoms with Crippen LogP contribution in [-0.2, 0) is 4.79 Å². The number of carbonyl (C=O) groups is 1. The van der Waals surface area contributed by atoms with Crippen molar-refractivity contribution in [1.29, 1.82) is 0 Å². The Morgan fingerprint density at radius 2 is 1.95 bits per heavy atom. The lowest BCUT2D eigenvalue weighted by Crippen LogP contribution is -2.24. The van der Waals surface area contributed by atoms with Crippen LogP contribution < -0.4 is 11.4 Å². The largest absolute Gasteiger partial charge is 0.481 e. The highest BCUT2D eigenvalue weighted by Gasteiger charge is 2.26. The number of carboxylic acid groups (broad SMARTS) is 1. The van der Waals surface area contributed by atoms with Crippen LogP contribution in [0.4, 0.5) is 0 Å². The molecule has 0 aliphatic heterocycles. The summed E-state index contributed by atoms with van der Waals surface area (Å²) < 4.78 is 0.795. The molecule has 2 aromatic rings. The number of halogens is 1. The minimum atomic E-state index is -0.836. The fourth-order valence-electron chi connectivity index (χ4n) is 2.54. The fraction of sp³-hybridized carbons (Fsp3) is 0.429. The Balaban J connectivity index is 2.30. The maximum absolute atomic E-state index is 11.3. The first kappa shape index (κ1) is 15.8. The third-order valence-electron chi connectivity index (χ3n) is 3.43. The highest BCUT2D eigenvalue weighted by atomic mass is 79.9. The van der Waals surface area contributed by atoms with Crippen molar-refractivity contribution < 1.29 is 9.90 Å². The van der Waals surface area contributed by atoms with Crippen molar-refractivity contribution in [2.45, 2.75) is 32.7 Å². The molecular weight excluding hydrogens is 338 g/mol. The second-order valence-corrected chi connectivity index (χ2v) is 6.90. The summed E-state index contributed by atoms with van der Waals surface area (Å²) in [5.41, 5.74) is 7.78. The zero-order valence-corrected chi connectivity index (χ0v) is 13.5. The molecular formula is C14H18BrN3O3. The highest BCUT2D eigenvalue weighted by Crippen LogP contribution is 2.35. The molecule has 7 heteroatoms. The molecule has 5 N–H and O–H groups in total. The van der Waals surface area contributed by atoms with E-state index in [0.29, 0.717) is 17.5 Å². The smallest absolute Gasteiger partial charge is 0.323 e. The van der Waals surface area contributed by atoms with Crippen molar-refractivity contribution in [2.75, 3.05) is 0 Å². The standard InChI is InChI=1S/C14H18BrN3O3/c1-14(2,6-12(19)20)5-9(16)7-3-10-11(4-8(7)15)18-13(21)17-10/h3-4,9H,5-6,16H2,1-2H3,(H,19,20)(H2,17,18,21). The van der Waals surface area contributed by atoms with Crippen LogP contribution in [0.25, 0.3) is 11.0 Å². The van der Waals surface area contributed by atoms with Gasteiger partial charge in [0, 0.05) is 10.5 Å². The molecule has 0 radical (unpaired) electrons. The van der Waals surface area contributed by atoms with Gasteiger partial charge in [0.05, 0.1) is 17.5 Å². The van der Waals surface area contributed by atoms with Gasteiger partial charge in [0.25, 0.3) is 0 Å². The van der Waals surface area contributed by atoms with Gasteiger partial charge in [-0.1, -0.05) is 29.8 Å². The molecule has 0 spiro atoms. The number of benzene rings is 1. The number of rotatable bonds is 5. The van der Waals surface area contributed by atoms with Gasteiger partial charge in [0.2, 0.25) is 0 Å². The normalized spacial score (nSPS) is 13.5. The molecule has 0 fully saturated rings. The van der Waals surface area contributed by atoms with E-state index < -0.39 is 11.4 Å². The molecule has 0 bridgehead atoms. The maximum atomic E-state index is 11.3. The lowest BCUT2D eigenvalue weighted by molar-refractivity contribution is -0.139. The number of carboxylic acids is 1. The van der Waals surface area contributed by atoms with Crippen molar-refractivity contribution >= 4 is 32.9 Å². The Morgan fingerprint density at radius 1 is 1.38 bits per heavy atom.